The number of hydrogen-bond acceptors (Lipinski definition) is 3. The normalized spacial score (nSPS) is 13.8. The third-order valence-electron chi connectivity index (χ3n) is 3.28. The highest BCUT2D eigenvalue weighted by Gasteiger charge is 2.16. The van der Waals surface area contributed by atoms with Crippen LogP contribution in [0.3, 0.4) is 0 Å². The lowest BCUT2D eigenvalue weighted by Gasteiger charge is -2.25. The van der Waals surface area contributed by atoms with Crippen molar-refractivity contribution in [2.24, 2.45) is 0 Å². The molecule has 0 heterocycles. The Hall–Kier alpha value is -1.22. The van der Waals surface area contributed by atoms with Crippen LogP contribution in [-0.4, -0.2) is 25.3 Å². The van der Waals surface area contributed by atoms with Crippen LogP contribution in [0.2, 0.25) is 0 Å². The Bertz CT molecular complexity index is 351. The van der Waals surface area contributed by atoms with E-state index in [-0.39, 0.29) is 6.10 Å². The van der Waals surface area contributed by atoms with Crippen LogP contribution in [0.25, 0.3) is 0 Å². The Morgan fingerprint density at radius 2 is 1.65 bits per heavy atom. The van der Waals surface area contributed by atoms with Gasteiger partial charge < -0.3 is 14.8 Å². The highest BCUT2D eigenvalue weighted by atomic mass is 16.5. The van der Waals surface area contributed by atoms with E-state index in [0.717, 1.165) is 43.9 Å². The standard InChI is InChI=1S/C17H29NO2/c1-5-12-18-17(7-3)14(4)20-16-10-8-15(9-11-16)19-13-6-2/h8-11,14,17-18H,5-7,12-13H2,1-4H3. The highest BCUT2D eigenvalue weighted by Crippen LogP contribution is 2.19. The Labute approximate surface area is 123 Å². The van der Waals surface area contributed by atoms with Crippen LogP contribution < -0.4 is 14.8 Å². The minimum atomic E-state index is 0.161. The van der Waals surface area contributed by atoms with Crippen molar-refractivity contribution in [3.63, 3.8) is 0 Å². The summed E-state index contributed by atoms with van der Waals surface area (Å²) in [4.78, 5) is 0. The number of rotatable bonds is 10. The molecule has 0 aliphatic rings. The number of ether oxygens (including phenoxy) is 2. The lowest BCUT2D eigenvalue weighted by atomic mass is 10.1. The molecular formula is C17H29NO2. The molecule has 0 aliphatic heterocycles. The van der Waals surface area contributed by atoms with Gasteiger partial charge in [-0.3, -0.25) is 0 Å². The van der Waals surface area contributed by atoms with Crippen LogP contribution in [0.4, 0.5) is 0 Å². The van der Waals surface area contributed by atoms with Gasteiger partial charge in [0.1, 0.15) is 17.6 Å². The van der Waals surface area contributed by atoms with Crippen LogP contribution in [0.15, 0.2) is 24.3 Å². The fourth-order valence-electron chi connectivity index (χ4n) is 2.10. The van der Waals surface area contributed by atoms with E-state index in [2.05, 4.69) is 33.0 Å². The molecule has 3 heteroatoms. The molecule has 1 rings (SSSR count). The molecule has 2 unspecified atom stereocenters. The van der Waals surface area contributed by atoms with Crippen molar-refractivity contribution in [2.75, 3.05) is 13.2 Å². The maximum Gasteiger partial charge on any atom is 0.120 e. The van der Waals surface area contributed by atoms with Gasteiger partial charge in [-0.2, -0.15) is 0 Å². The quantitative estimate of drug-likeness (QED) is 0.701. The van der Waals surface area contributed by atoms with Crippen molar-refractivity contribution in [1.29, 1.82) is 0 Å². The first-order valence-electron chi connectivity index (χ1n) is 7.84. The molecule has 0 bridgehead atoms. The van der Waals surface area contributed by atoms with Crippen molar-refractivity contribution in [3.05, 3.63) is 24.3 Å². The SMILES string of the molecule is CCCNC(CC)C(C)Oc1ccc(OCCC)cc1. The van der Waals surface area contributed by atoms with E-state index < -0.39 is 0 Å². The van der Waals surface area contributed by atoms with Crippen molar-refractivity contribution in [1.82, 2.24) is 5.32 Å². The Kier molecular flexibility index (Phi) is 8.12. The summed E-state index contributed by atoms with van der Waals surface area (Å²) < 4.78 is 11.6. The largest absolute Gasteiger partial charge is 0.494 e. The van der Waals surface area contributed by atoms with Crippen LogP contribution in [0, 0.1) is 0 Å². The minimum Gasteiger partial charge on any atom is -0.494 e. The summed E-state index contributed by atoms with van der Waals surface area (Å²) in [5, 5.41) is 3.53. The second-order valence-electron chi connectivity index (χ2n) is 5.11. The molecule has 0 fully saturated rings. The summed E-state index contributed by atoms with van der Waals surface area (Å²) in [6, 6.07) is 8.30. The Morgan fingerprint density at radius 1 is 1.00 bits per heavy atom. The maximum absolute atomic E-state index is 6.01. The van der Waals surface area contributed by atoms with Gasteiger partial charge in [-0.05, 0) is 57.0 Å². The summed E-state index contributed by atoms with van der Waals surface area (Å²) in [7, 11) is 0. The molecule has 0 aliphatic carbocycles. The van der Waals surface area contributed by atoms with Crippen molar-refractivity contribution in [2.45, 2.75) is 59.1 Å². The zero-order chi connectivity index (χ0) is 14.8. The molecule has 1 N–H and O–H groups in total. The van der Waals surface area contributed by atoms with E-state index in [9.17, 15) is 0 Å². The first kappa shape index (κ1) is 16.8. The van der Waals surface area contributed by atoms with Gasteiger partial charge >= 0.3 is 0 Å². The molecule has 3 nitrogen and oxygen atoms in total. The molecular weight excluding hydrogens is 250 g/mol. The molecule has 20 heavy (non-hydrogen) atoms. The zero-order valence-electron chi connectivity index (χ0n) is 13.3. The molecule has 1 aromatic carbocycles. The second kappa shape index (κ2) is 9.65. The second-order valence-corrected chi connectivity index (χ2v) is 5.11. The number of hydrogen-bond donors (Lipinski definition) is 1. The highest BCUT2D eigenvalue weighted by molar-refractivity contribution is 5.31. The topological polar surface area (TPSA) is 30.5 Å². The van der Waals surface area contributed by atoms with Crippen molar-refractivity contribution < 1.29 is 9.47 Å². The third-order valence-corrected chi connectivity index (χ3v) is 3.28. The van der Waals surface area contributed by atoms with E-state index in [0.29, 0.717) is 6.04 Å². The summed E-state index contributed by atoms with van der Waals surface area (Å²) in [5.41, 5.74) is 0. The van der Waals surface area contributed by atoms with Crippen LogP contribution in [-0.2, 0) is 0 Å². The molecule has 0 amide bonds. The van der Waals surface area contributed by atoms with E-state index in [1.807, 2.05) is 24.3 Å². The summed E-state index contributed by atoms with van der Waals surface area (Å²) in [6.45, 7) is 10.4. The van der Waals surface area contributed by atoms with E-state index in [1.165, 1.54) is 0 Å². The smallest absolute Gasteiger partial charge is 0.120 e. The van der Waals surface area contributed by atoms with E-state index in [1.54, 1.807) is 0 Å². The zero-order valence-corrected chi connectivity index (χ0v) is 13.3. The van der Waals surface area contributed by atoms with Gasteiger partial charge in [-0.25, -0.2) is 0 Å². The summed E-state index contributed by atoms with van der Waals surface area (Å²) in [6.07, 6.45) is 3.40. The maximum atomic E-state index is 6.01. The fraction of sp³-hybridized carbons (Fsp3) is 0.647. The predicted molar refractivity (Wildman–Crippen MR) is 84.7 cm³/mol. The molecule has 0 saturated carbocycles. The Morgan fingerprint density at radius 3 is 2.20 bits per heavy atom. The van der Waals surface area contributed by atoms with Gasteiger partial charge in [-0.1, -0.05) is 20.8 Å². The molecule has 1 aromatic rings. The van der Waals surface area contributed by atoms with Gasteiger partial charge in [0.2, 0.25) is 0 Å². The average molecular weight is 279 g/mol. The van der Waals surface area contributed by atoms with Crippen LogP contribution in [0.5, 0.6) is 11.5 Å². The third kappa shape index (κ3) is 5.83. The van der Waals surface area contributed by atoms with Crippen molar-refractivity contribution >= 4 is 0 Å². The van der Waals surface area contributed by atoms with Crippen LogP contribution >= 0.6 is 0 Å². The average Bonchev–Trinajstić information content (AvgIpc) is 2.47. The number of nitrogens with one attached hydrogen (secondary N) is 1. The fourth-order valence-corrected chi connectivity index (χ4v) is 2.10. The summed E-state index contributed by atoms with van der Waals surface area (Å²) in [5.74, 6) is 1.81. The first-order chi connectivity index (χ1) is 9.71. The van der Waals surface area contributed by atoms with Crippen molar-refractivity contribution in [3.8, 4) is 11.5 Å². The molecule has 2 atom stereocenters. The van der Waals surface area contributed by atoms with Gasteiger partial charge in [0.25, 0.3) is 0 Å². The monoisotopic (exact) mass is 279 g/mol. The van der Waals surface area contributed by atoms with Gasteiger partial charge in [0.05, 0.1) is 6.61 Å². The molecule has 0 radical (unpaired) electrons. The molecule has 0 spiro atoms. The number of benzene rings is 1. The predicted octanol–water partition coefficient (Wildman–Crippen LogP) is 4.02. The molecule has 0 aromatic heterocycles. The molecule has 0 saturated heterocycles. The molecule has 114 valence electrons. The van der Waals surface area contributed by atoms with Gasteiger partial charge in [0, 0.05) is 6.04 Å². The van der Waals surface area contributed by atoms with Gasteiger partial charge in [-0.15, -0.1) is 0 Å². The minimum absolute atomic E-state index is 0.161. The van der Waals surface area contributed by atoms with E-state index >= 15 is 0 Å². The lowest BCUT2D eigenvalue weighted by Crippen LogP contribution is -2.41. The van der Waals surface area contributed by atoms with E-state index in [4.69, 9.17) is 9.47 Å². The van der Waals surface area contributed by atoms with Gasteiger partial charge in [0.15, 0.2) is 0 Å². The lowest BCUT2D eigenvalue weighted by molar-refractivity contribution is 0.167. The van der Waals surface area contributed by atoms with Crippen LogP contribution in [0.1, 0.15) is 47.0 Å². The summed E-state index contributed by atoms with van der Waals surface area (Å²) >= 11 is 0. The first-order valence-corrected chi connectivity index (χ1v) is 7.84. The Balaban J connectivity index is 2.49.